The fourth-order valence-corrected chi connectivity index (χ4v) is 3.64. The number of para-hydroxylation sites is 1. The van der Waals surface area contributed by atoms with Gasteiger partial charge in [-0.3, -0.25) is 10.1 Å². The number of amides is 1. The van der Waals surface area contributed by atoms with Gasteiger partial charge < -0.3 is 9.30 Å². The third kappa shape index (κ3) is 4.52. The van der Waals surface area contributed by atoms with Crippen LogP contribution in [0.5, 0.6) is 5.75 Å². The fraction of sp³-hybridized carbons (Fsp3) is 0.136. The number of benzene rings is 2. The number of thiazole rings is 1. The molecule has 4 aromatic rings. The SMILES string of the molecule is CCOc1ccccc1-c1csc(NC(=O)c2ccc(Cn3ccnc3)cc2)n1. The maximum Gasteiger partial charge on any atom is 0.257 e. The average Bonchev–Trinajstić information content (AvgIpc) is 3.41. The third-order valence-corrected chi connectivity index (χ3v) is 5.09. The van der Waals surface area contributed by atoms with Crippen molar-refractivity contribution in [3.63, 3.8) is 0 Å². The number of anilines is 1. The minimum Gasteiger partial charge on any atom is -0.493 e. The monoisotopic (exact) mass is 404 g/mol. The average molecular weight is 404 g/mol. The fourth-order valence-electron chi connectivity index (χ4n) is 2.94. The third-order valence-electron chi connectivity index (χ3n) is 4.33. The second kappa shape index (κ2) is 8.70. The van der Waals surface area contributed by atoms with E-state index in [9.17, 15) is 4.79 Å². The largest absolute Gasteiger partial charge is 0.493 e. The van der Waals surface area contributed by atoms with Crippen LogP contribution in [0.3, 0.4) is 0 Å². The van der Waals surface area contributed by atoms with Gasteiger partial charge in [-0.15, -0.1) is 11.3 Å². The summed E-state index contributed by atoms with van der Waals surface area (Å²) >= 11 is 1.39. The van der Waals surface area contributed by atoms with E-state index in [2.05, 4.69) is 15.3 Å². The van der Waals surface area contributed by atoms with Crippen LogP contribution in [0.1, 0.15) is 22.8 Å². The van der Waals surface area contributed by atoms with Gasteiger partial charge in [0.05, 0.1) is 18.6 Å². The Labute approximate surface area is 172 Å². The minimum absolute atomic E-state index is 0.182. The lowest BCUT2D eigenvalue weighted by molar-refractivity contribution is 0.102. The Morgan fingerprint density at radius 2 is 2.00 bits per heavy atom. The predicted molar refractivity (Wildman–Crippen MR) is 114 cm³/mol. The summed E-state index contributed by atoms with van der Waals surface area (Å²) < 4.78 is 7.65. The van der Waals surface area contributed by atoms with E-state index in [0.29, 0.717) is 17.3 Å². The molecule has 146 valence electrons. The van der Waals surface area contributed by atoms with Crippen LogP contribution in [0.4, 0.5) is 5.13 Å². The number of carbonyl (C=O) groups is 1. The molecule has 7 heteroatoms. The molecule has 1 amide bonds. The molecule has 2 aromatic carbocycles. The maximum absolute atomic E-state index is 12.6. The summed E-state index contributed by atoms with van der Waals surface area (Å²) in [4.78, 5) is 21.2. The second-order valence-corrected chi connectivity index (χ2v) is 7.21. The number of hydrogen-bond donors (Lipinski definition) is 1. The van der Waals surface area contributed by atoms with E-state index in [1.165, 1.54) is 11.3 Å². The molecule has 0 aliphatic carbocycles. The molecule has 0 aliphatic heterocycles. The predicted octanol–water partition coefficient (Wildman–Crippen LogP) is 4.71. The highest BCUT2D eigenvalue weighted by Crippen LogP contribution is 2.32. The quantitative estimate of drug-likeness (QED) is 0.484. The van der Waals surface area contributed by atoms with Crippen LogP contribution in [0.15, 0.2) is 72.6 Å². The van der Waals surface area contributed by atoms with E-state index in [1.54, 1.807) is 12.5 Å². The number of nitrogens with zero attached hydrogens (tertiary/aromatic N) is 3. The Morgan fingerprint density at radius 3 is 2.76 bits per heavy atom. The number of carbonyl (C=O) groups excluding carboxylic acids is 1. The molecule has 0 spiro atoms. The van der Waals surface area contributed by atoms with Crippen molar-refractivity contribution in [1.29, 1.82) is 0 Å². The molecule has 2 heterocycles. The molecule has 6 nitrogen and oxygen atoms in total. The van der Waals surface area contributed by atoms with Gasteiger partial charge in [-0.1, -0.05) is 24.3 Å². The number of ether oxygens (including phenoxy) is 1. The first-order valence-electron chi connectivity index (χ1n) is 9.26. The standard InChI is InChI=1S/C22H20N4O2S/c1-2-28-20-6-4-3-5-18(20)19-14-29-22(24-19)25-21(27)17-9-7-16(8-10-17)13-26-12-11-23-15-26/h3-12,14-15H,2,13H2,1H3,(H,24,25,27). The molecule has 0 saturated carbocycles. The van der Waals surface area contributed by atoms with Gasteiger partial charge in [0.1, 0.15) is 5.75 Å². The van der Waals surface area contributed by atoms with Crippen molar-refractivity contribution in [3.05, 3.63) is 83.8 Å². The smallest absolute Gasteiger partial charge is 0.257 e. The van der Waals surface area contributed by atoms with Crippen molar-refractivity contribution in [1.82, 2.24) is 14.5 Å². The van der Waals surface area contributed by atoms with Gasteiger partial charge >= 0.3 is 0 Å². The summed E-state index contributed by atoms with van der Waals surface area (Å²) in [5.74, 6) is 0.602. The molecule has 1 N–H and O–H groups in total. The lowest BCUT2D eigenvalue weighted by Gasteiger charge is -2.07. The molecule has 0 radical (unpaired) electrons. The van der Waals surface area contributed by atoms with Crippen LogP contribution in [0.2, 0.25) is 0 Å². The molecule has 0 fully saturated rings. The number of aromatic nitrogens is 3. The molecular weight excluding hydrogens is 384 g/mol. The topological polar surface area (TPSA) is 69.0 Å². The molecule has 0 unspecified atom stereocenters. The van der Waals surface area contributed by atoms with Gasteiger partial charge in [0.15, 0.2) is 5.13 Å². The summed E-state index contributed by atoms with van der Waals surface area (Å²) in [6.45, 7) is 3.25. The first kappa shape index (κ1) is 18.9. The van der Waals surface area contributed by atoms with Crippen LogP contribution >= 0.6 is 11.3 Å². The molecule has 0 atom stereocenters. The van der Waals surface area contributed by atoms with Crippen molar-refractivity contribution >= 4 is 22.4 Å². The Morgan fingerprint density at radius 1 is 1.17 bits per heavy atom. The molecule has 4 rings (SSSR count). The first-order chi connectivity index (χ1) is 14.2. The van der Waals surface area contributed by atoms with Crippen molar-refractivity contribution < 1.29 is 9.53 Å². The zero-order valence-corrected chi connectivity index (χ0v) is 16.7. The zero-order valence-electron chi connectivity index (χ0n) is 15.9. The molecule has 0 aliphatic rings. The van der Waals surface area contributed by atoms with Gasteiger partial charge in [0.25, 0.3) is 5.91 Å². The highest BCUT2D eigenvalue weighted by molar-refractivity contribution is 7.14. The van der Waals surface area contributed by atoms with Crippen LogP contribution < -0.4 is 10.1 Å². The summed E-state index contributed by atoms with van der Waals surface area (Å²) in [5.41, 5.74) is 3.38. The van der Waals surface area contributed by atoms with Crippen molar-refractivity contribution in [2.45, 2.75) is 13.5 Å². The van der Waals surface area contributed by atoms with Crippen molar-refractivity contribution in [2.75, 3.05) is 11.9 Å². The lowest BCUT2D eigenvalue weighted by Crippen LogP contribution is -2.11. The van der Waals surface area contributed by atoms with Gasteiger partial charge in [-0.05, 0) is 36.8 Å². The van der Waals surface area contributed by atoms with E-state index in [0.717, 1.165) is 29.1 Å². The van der Waals surface area contributed by atoms with E-state index in [-0.39, 0.29) is 5.91 Å². The van der Waals surface area contributed by atoms with Crippen LogP contribution in [-0.4, -0.2) is 27.0 Å². The molecular formula is C22H20N4O2S. The molecule has 2 aromatic heterocycles. The summed E-state index contributed by atoms with van der Waals surface area (Å²) in [7, 11) is 0. The van der Waals surface area contributed by atoms with Crippen molar-refractivity contribution in [2.24, 2.45) is 0 Å². The van der Waals surface area contributed by atoms with Crippen molar-refractivity contribution in [3.8, 4) is 17.0 Å². The summed E-state index contributed by atoms with van der Waals surface area (Å²) in [6, 6.07) is 15.3. The highest BCUT2D eigenvalue weighted by Gasteiger charge is 2.12. The normalized spacial score (nSPS) is 10.7. The number of hydrogen-bond acceptors (Lipinski definition) is 5. The Hall–Kier alpha value is -3.45. The van der Waals surface area contributed by atoms with E-state index < -0.39 is 0 Å². The maximum atomic E-state index is 12.6. The van der Waals surface area contributed by atoms with Crippen LogP contribution in [0.25, 0.3) is 11.3 Å². The zero-order chi connectivity index (χ0) is 20.1. The van der Waals surface area contributed by atoms with E-state index in [4.69, 9.17) is 4.74 Å². The second-order valence-electron chi connectivity index (χ2n) is 6.35. The highest BCUT2D eigenvalue weighted by atomic mass is 32.1. The number of nitrogens with one attached hydrogen (secondary N) is 1. The van der Waals surface area contributed by atoms with E-state index >= 15 is 0 Å². The lowest BCUT2D eigenvalue weighted by atomic mass is 10.1. The first-order valence-corrected chi connectivity index (χ1v) is 10.1. The minimum atomic E-state index is -0.182. The van der Waals surface area contributed by atoms with Gasteiger partial charge in [-0.2, -0.15) is 0 Å². The molecule has 0 saturated heterocycles. The molecule has 29 heavy (non-hydrogen) atoms. The molecule has 0 bridgehead atoms. The number of rotatable bonds is 7. The Bertz CT molecular complexity index is 1090. The summed E-state index contributed by atoms with van der Waals surface area (Å²) in [5, 5.41) is 5.35. The Balaban J connectivity index is 1.44. The Kier molecular flexibility index (Phi) is 5.67. The number of imidazole rings is 1. The van der Waals surface area contributed by atoms with Crippen LogP contribution in [0, 0.1) is 0 Å². The van der Waals surface area contributed by atoms with E-state index in [1.807, 2.05) is 71.6 Å². The summed E-state index contributed by atoms with van der Waals surface area (Å²) in [6.07, 6.45) is 5.42. The van der Waals surface area contributed by atoms with Gasteiger partial charge in [0, 0.05) is 35.4 Å². The van der Waals surface area contributed by atoms with Gasteiger partial charge in [0.2, 0.25) is 0 Å². The van der Waals surface area contributed by atoms with Crippen LogP contribution in [-0.2, 0) is 6.54 Å². The van der Waals surface area contributed by atoms with Gasteiger partial charge in [-0.25, -0.2) is 9.97 Å².